The van der Waals surface area contributed by atoms with Crippen molar-refractivity contribution in [2.24, 2.45) is 11.8 Å². The van der Waals surface area contributed by atoms with E-state index < -0.39 is 11.9 Å². The summed E-state index contributed by atoms with van der Waals surface area (Å²) in [6, 6.07) is -0.544. The van der Waals surface area contributed by atoms with Crippen molar-refractivity contribution in [3.8, 4) is 0 Å². The first-order chi connectivity index (χ1) is 9.54. The zero-order valence-electron chi connectivity index (χ0n) is 12.2. The van der Waals surface area contributed by atoms with Crippen LogP contribution in [-0.4, -0.2) is 60.8 Å². The second-order valence-electron chi connectivity index (χ2n) is 5.80. The fraction of sp³-hybridized carbons (Fsp3) is 0.857. The minimum atomic E-state index is -0.893. The van der Waals surface area contributed by atoms with Crippen molar-refractivity contribution >= 4 is 11.9 Å². The van der Waals surface area contributed by atoms with Gasteiger partial charge in [0.2, 0.25) is 5.91 Å². The summed E-state index contributed by atoms with van der Waals surface area (Å²) in [6.45, 7) is 3.50. The Bertz CT molecular complexity index is 374. The molecule has 6 nitrogen and oxygen atoms in total. The van der Waals surface area contributed by atoms with E-state index in [0.29, 0.717) is 12.5 Å². The van der Waals surface area contributed by atoms with Crippen LogP contribution < -0.4 is 5.32 Å². The van der Waals surface area contributed by atoms with Gasteiger partial charge in [-0.05, 0) is 25.3 Å². The molecule has 4 atom stereocenters. The minimum absolute atomic E-state index is 0.00935. The Morgan fingerprint density at radius 1 is 1.40 bits per heavy atom. The predicted octanol–water partition coefficient (Wildman–Crippen LogP) is 0.323. The van der Waals surface area contributed by atoms with Crippen LogP contribution in [0.5, 0.6) is 0 Å². The number of nitrogens with one attached hydrogen (secondary N) is 1. The van der Waals surface area contributed by atoms with Crippen LogP contribution in [0, 0.1) is 11.8 Å². The fourth-order valence-electron chi connectivity index (χ4n) is 3.12. The third-order valence-corrected chi connectivity index (χ3v) is 4.60. The molecule has 2 heterocycles. The Morgan fingerprint density at radius 3 is 2.80 bits per heavy atom. The molecule has 2 saturated heterocycles. The lowest BCUT2D eigenvalue weighted by molar-refractivity contribution is -0.145. The minimum Gasteiger partial charge on any atom is -0.481 e. The summed E-state index contributed by atoms with van der Waals surface area (Å²) in [5.41, 5.74) is 0. The molecule has 0 spiro atoms. The van der Waals surface area contributed by atoms with E-state index in [9.17, 15) is 14.7 Å². The zero-order valence-corrected chi connectivity index (χ0v) is 12.2. The Kier molecular flexibility index (Phi) is 4.99. The molecule has 0 bridgehead atoms. The molecule has 2 aliphatic heterocycles. The van der Waals surface area contributed by atoms with E-state index in [4.69, 9.17) is 4.74 Å². The highest BCUT2D eigenvalue weighted by Gasteiger charge is 2.40. The third-order valence-electron chi connectivity index (χ3n) is 4.60. The molecule has 0 aromatic heterocycles. The Labute approximate surface area is 119 Å². The maximum Gasteiger partial charge on any atom is 0.311 e. The van der Waals surface area contributed by atoms with Crippen LogP contribution in [0.15, 0.2) is 0 Å². The van der Waals surface area contributed by atoms with Crippen LogP contribution in [0.1, 0.15) is 26.2 Å². The fourth-order valence-corrected chi connectivity index (χ4v) is 3.12. The van der Waals surface area contributed by atoms with E-state index in [-0.39, 0.29) is 24.6 Å². The number of amides is 1. The summed E-state index contributed by atoms with van der Waals surface area (Å²) < 4.78 is 5.24. The normalized spacial score (nSPS) is 33.9. The monoisotopic (exact) mass is 284 g/mol. The molecule has 1 amide bonds. The van der Waals surface area contributed by atoms with Crippen molar-refractivity contribution in [3.05, 3.63) is 0 Å². The molecule has 0 saturated carbocycles. The van der Waals surface area contributed by atoms with Crippen LogP contribution in [0.25, 0.3) is 0 Å². The number of carboxylic acids is 1. The molecule has 0 radical (unpaired) electrons. The molecular weight excluding hydrogens is 260 g/mol. The predicted molar refractivity (Wildman–Crippen MR) is 73.3 cm³/mol. The van der Waals surface area contributed by atoms with E-state index in [1.807, 2.05) is 0 Å². The molecule has 114 valence electrons. The summed E-state index contributed by atoms with van der Waals surface area (Å²) in [4.78, 5) is 25.3. The summed E-state index contributed by atoms with van der Waals surface area (Å²) in [5.74, 6) is -0.941. The smallest absolute Gasteiger partial charge is 0.311 e. The number of nitrogens with zero attached hydrogens (tertiary/aromatic N) is 1. The largest absolute Gasteiger partial charge is 0.481 e. The number of likely N-dealkylation sites (N-methyl/N-ethyl adjacent to an activating group) is 1. The van der Waals surface area contributed by atoms with Gasteiger partial charge in [-0.3, -0.25) is 9.59 Å². The Hall–Kier alpha value is -1.14. The van der Waals surface area contributed by atoms with E-state index in [1.54, 1.807) is 11.9 Å². The zero-order chi connectivity index (χ0) is 14.7. The highest BCUT2D eigenvalue weighted by atomic mass is 16.5. The highest BCUT2D eigenvalue weighted by Crippen LogP contribution is 2.23. The van der Waals surface area contributed by atoms with Crippen LogP contribution in [-0.2, 0) is 14.3 Å². The van der Waals surface area contributed by atoms with Crippen molar-refractivity contribution in [2.45, 2.75) is 38.3 Å². The average Bonchev–Trinajstić information content (AvgIpc) is 2.95. The second-order valence-corrected chi connectivity index (χ2v) is 5.80. The van der Waals surface area contributed by atoms with Gasteiger partial charge in [0.15, 0.2) is 0 Å². The standard InChI is InChI=1S/C14H24N2O4/c1-3-9-4-5-15-11(6-9)13(17)16(2)12-8-20-7-10(12)14(18)19/h9-12,15H,3-8H2,1-2H3,(H,18,19). The van der Waals surface area contributed by atoms with E-state index in [2.05, 4.69) is 12.2 Å². The second kappa shape index (κ2) is 6.54. The molecule has 0 aromatic carbocycles. The number of aliphatic carboxylic acids is 1. The van der Waals surface area contributed by atoms with Gasteiger partial charge in [0, 0.05) is 7.05 Å². The van der Waals surface area contributed by atoms with Crippen molar-refractivity contribution in [1.82, 2.24) is 10.2 Å². The summed E-state index contributed by atoms with van der Waals surface area (Å²) >= 11 is 0. The number of carbonyl (C=O) groups is 2. The Balaban J connectivity index is 1.99. The number of carbonyl (C=O) groups excluding carboxylic acids is 1. The first-order valence-electron chi connectivity index (χ1n) is 7.35. The lowest BCUT2D eigenvalue weighted by Gasteiger charge is -2.34. The van der Waals surface area contributed by atoms with Gasteiger partial charge in [0.25, 0.3) is 0 Å². The van der Waals surface area contributed by atoms with Gasteiger partial charge in [-0.15, -0.1) is 0 Å². The Morgan fingerprint density at radius 2 is 2.15 bits per heavy atom. The SMILES string of the molecule is CCC1CCNC(C(=O)N(C)C2COCC2C(=O)O)C1. The van der Waals surface area contributed by atoms with Crippen LogP contribution in [0.4, 0.5) is 0 Å². The van der Waals surface area contributed by atoms with E-state index in [0.717, 1.165) is 25.8 Å². The number of ether oxygens (including phenoxy) is 1. The van der Waals surface area contributed by atoms with Crippen molar-refractivity contribution in [1.29, 1.82) is 0 Å². The molecule has 20 heavy (non-hydrogen) atoms. The first kappa shape index (κ1) is 15.3. The van der Waals surface area contributed by atoms with Gasteiger partial charge in [-0.25, -0.2) is 0 Å². The van der Waals surface area contributed by atoms with Gasteiger partial charge in [-0.1, -0.05) is 13.3 Å². The number of hydrogen-bond acceptors (Lipinski definition) is 4. The maximum atomic E-state index is 12.5. The summed E-state index contributed by atoms with van der Waals surface area (Å²) in [7, 11) is 1.69. The molecule has 2 aliphatic rings. The average molecular weight is 284 g/mol. The molecule has 2 N–H and O–H groups in total. The number of carboxylic acid groups (broad SMARTS) is 1. The lowest BCUT2D eigenvalue weighted by Crippen LogP contribution is -2.54. The van der Waals surface area contributed by atoms with Gasteiger partial charge >= 0.3 is 5.97 Å². The molecule has 2 rings (SSSR count). The van der Waals surface area contributed by atoms with Crippen molar-refractivity contribution in [3.63, 3.8) is 0 Å². The molecule has 6 heteroatoms. The lowest BCUT2D eigenvalue weighted by atomic mass is 9.89. The van der Waals surface area contributed by atoms with Gasteiger partial charge in [0.1, 0.15) is 5.92 Å². The summed E-state index contributed by atoms with van der Waals surface area (Å²) in [5, 5.41) is 12.4. The topological polar surface area (TPSA) is 78.9 Å². The number of hydrogen-bond donors (Lipinski definition) is 2. The number of rotatable bonds is 4. The van der Waals surface area contributed by atoms with Crippen molar-refractivity contribution in [2.75, 3.05) is 26.8 Å². The quantitative estimate of drug-likeness (QED) is 0.777. The molecule has 4 unspecified atom stereocenters. The van der Waals surface area contributed by atoms with Crippen LogP contribution in [0.3, 0.4) is 0 Å². The van der Waals surface area contributed by atoms with E-state index >= 15 is 0 Å². The number of piperidine rings is 1. The van der Waals surface area contributed by atoms with Crippen LogP contribution >= 0.6 is 0 Å². The van der Waals surface area contributed by atoms with Crippen LogP contribution in [0.2, 0.25) is 0 Å². The molecule has 0 aromatic rings. The molecule has 0 aliphatic carbocycles. The first-order valence-corrected chi connectivity index (χ1v) is 7.35. The molecule has 2 fully saturated rings. The van der Waals surface area contributed by atoms with Gasteiger partial charge < -0.3 is 20.1 Å². The van der Waals surface area contributed by atoms with Gasteiger partial charge in [0.05, 0.1) is 25.3 Å². The summed E-state index contributed by atoms with van der Waals surface area (Å²) in [6.07, 6.45) is 3.03. The third kappa shape index (κ3) is 3.12. The van der Waals surface area contributed by atoms with E-state index in [1.165, 1.54) is 0 Å². The van der Waals surface area contributed by atoms with Crippen molar-refractivity contribution < 1.29 is 19.4 Å². The highest BCUT2D eigenvalue weighted by molar-refractivity contribution is 5.83. The maximum absolute atomic E-state index is 12.5. The van der Waals surface area contributed by atoms with Gasteiger partial charge in [-0.2, -0.15) is 0 Å². The molecular formula is C14H24N2O4.